The third kappa shape index (κ3) is 1.66. The van der Waals surface area contributed by atoms with Crippen LogP contribution in [0.4, 0.5) is 0 Å². The Morgan fingerprint density at radius 3 is 2.33 bits per heavy atom. The van der Waals surface area contributed by atoms with Crippen LogP contribution in [0.25, 0.3) is 0 Å². The van der Waals surface area contributed by atoms with Crippen molar-refractivity contribution in [1.82, 2.24) is 4.90 Å². The summed E-state index contributed by atoms with van der Waals surface area (Å²) in [6, 6.07) is 0.375. The van der Waals surface area contributed by atoms with Gasteiger partial charge in [-0.2, -0.15) is 0 Å². The van der Waals surface area contributed by atoms with Gasteiger partial charge in [0.25, 0.3) is 0 Å². The predicted octanol–water partition coefficient (Wildman–Crippen LogP) is 1.52. The van der Waals surface area contributed by atoms with Gasteiger partial charge >= 0.3 is 5.97 Å². The fourth-order valence-corrected chi connectivity index (χ4v) is 3.67. The minimum Gasteiger partial charge on any atom is -0.481 e. The summed E-state index contributed by atoms with van der Waals surface area (Å²) in [5.74, 6) is -1.34. The van der Waals surface area contributed by atoms with E-state index in [9.17, 15) is 14.7 Å². The van der Waals surface area contributed by atoms with E-state index in [0.29, 0.717) is 12.6 Å². The van der Waals surface area contributed by atoms with E-state index in [1.807, 2.05) is 24.0 Å². The summed E-state index contributed by atoms with van der Waals surface area (Å²) in [4.78, 5) is 25.9. The number of carboxylic acid groups (broad SMARTS) is 1. The average Bonchev–Trinajstić information content (AvgIpc) is 2.96. The van der Waals surface area contributed by atoms with Gasteiger partial charge in [0.05, 0.1) is 11.8 Å². The molecule has 3 rings (SSSR count). The zero-order valence-corrected chi connectivity index (χ0v) is 10.6. The van der Waals surface area contributed by atoms with Crippen molar-refractivity contribution in [3.63, 3.8) is 0 Å². The van der Waals surface area contributed by atoms with Gasteiger partial charge < -0.3 is 10.0 Å². The summed E-state index contributed by atoms with van der Waals surface area (Å²) in [5.41, 5.74) is 0. The Balaban J connectivity index is 1.83. The maximum atomic E-state index is 12.6. The molecule has 0 aromatic heterocycles. The molecule has 2 fully saturated rings. The molecule has 98 valence electrons. The topological polar surface area (TPSA) is 57.6 Å². The highest BCUT2D eigenvalue weighted by molar-refractivity contribution is 5.87. The lowest BCUT2D eigenvalue weighted by molar-refractivity contribution is -0.151. The summed E-state index contributed by atoms with van der Waals surface area (Å²) in [6.07, 6.45) is 7.03. The van der Waals surface area contributed by atoms with E-state index in [1.165, 1.54) is 0 Å². The Hall–Kier alpha value is -1.32. The van der Waals surface area contributed by atoms with Crippen LogP contribution >= 0.6 is 0 Å². The third-order valence-electron chi connectivity index (χ3n) is 4.64. The Kier molecular flexibility index (Phi) is 2.68. The molecule has 2 unspecified atom stereocenters. The molecular formula is C14H19NO3. The number of aliphatic carboxylic acids is 1. The first-order valence-electron chi connectivity index (χ1n) is 6.85. The van der Waals surface area contributed by atoms with Gasteiger partial charge in [0, 0.05) is 12.6 Å². The molecule has 0 saturated heterocycles. The molecule has 0 spiro atoms. The van der Waals surface area contributed by atoms with Crippen LogP contribution in [0, 0.1) is 23.7 Å². The van der Waals surface area contributed by atoms with Crippen LogP contribution in [0.2, 0.25) is 0 Å². The van der Waals surface area contributed by atoms with Gasteiger partial charge in [-0.05, 0) is 38.0 Å². The molecule has 1 amide bonds. The molecule has 0 aromatic rings. The summed E-state index contributed by atoms with van der Waals surface area (Å²) >= 11 is 0. The molecule has 0 aromatic carbocycles. The van der Waals surface area contributed by atoms with Gasteiger partial charge in [0.1, 0.15) is 0 Å². The number of fused-ring (bicyclic) bond motifs is 2. The molecule has 0 aliphatic heterocycles. The van der Waals surface area contributed by atoms with Crippen LogP contribution < -0.4 is 0 Å². The molecule has 18 heavy (non-hydrogen) atoms. The molecule has 0 radical (unpaired) electrons. The molecular weight excluding hydrogens is 230 g/mol. The van der Waals surface area contributed by atoms with Crippen molar-refractivity contribution in [3.8, 4) is 0 Å². The van der Waals surface area contributed by atoms with Crippen LogP contribution in [0.15, 0.2) is 12.2 Å². The smallest absolute Gasteiger partial charge is 0.307 e. The van der Waals surface area contributed by atoms with Crippen LogP contribution in [-0.4, -0.2) is 34.5 Å². The van der Waals surface area contributed by atoms with E-state index < -0.39 is 11.9 Å². The second-order valence-corrected chi connectivity index (χ2v) is 5.69. The Bertz CT molecular complexity index is 413. The maximum Gasteiger partial charge on any atom is 0.307 e. The van der Waals surface area contributed by atoms with Crippen molar-refractivity contribution in [1.29, 1.82) is 0 Å². The largest absolute Gasteiger partial charge is 0.481 e. The van der Waals surface area contributed by atoms with Crippen molar-refractivity contribution >= 4 is 11.9 Å². The summed E-state index contributed by atoms with van der Waals surface area (Å²) in [6.45, 7) is 2.68. The van der Waals surface area contributed by atoms with Crippen molar-refractivity contribution < 1.29 is 14.7 Å². The number of carboxylic acids is 1. The quantitative estimate of drug-likeness (QED) is 0.768. The molecule has 0 heterocycles. The Labute approximate surface area is 107 Å². The first-order valence-corrected chi connectivity index (χ1v) is 6.85. The van der Waals surface area contributed by atoms with E-state index in [0.717, 1.165) is 19.3 Å². The van der Waals surface area contributed by atoms with Gasteiger partial charge in [-0.15, -0.1) is 0 Å². The van der Waals surface area contributed by atoms with E-state index >= 15 is 0 Å². The van der Waals surface area contributed by atoms with Crippen LogP contribution in [0.5, 0.6) is 0 Å². The standard InChI is InChI=1S/C14H19NO3/c1-2-15(10-5-6-10)13(16)11-8-3-4-9(7-8)12(11)14(17)18/h3-4,8-12H,2,5-7H2,1H3,(H,17,18)/t8?,9?,11-,12+/m0/s1. The van der Waals surface area contributed by atoms with Crippen molar-refractivity contribution in [3.05, 3.63) is 12.2 Å². The number of allylic oxidation sites excluding steroid dienone is 2. The van der Waals surface area contributed by atoms with Crippen LogP contribution in [0.3, 0.4) is 0 Å². The minimum atomic E-state index is -0.808. The zero-order valence-electron chi connectivity index (χ0n) is 10.6. The summed E-state index contributed by atoms with van der Waals surface area (Å²) in [7, 11) is 0. The van der Waals surface area contributed by atoms with Crippen molar-refractivity contribution in [2.24, 2.45) is 23.7 Å². The lowest BCUT2D eigenvalue weighted by atomic mass is 9.82. The number of carbonyl (C=O) groups is 2. The van der Waals surface area contributed by atoms with E-state index in [4.69, 9.17) is 0 Å². The number of hydrogen-bond donors (Lipinski definition) is 1. The fraction of sp³-hybridized carbons (Fsp3) is 0.714. The first kappa shape index (κ1) is 11.8. The first-order chi connectivity index (χ1) is 8.63. The van der Waals surface area contributed by atoms with Gasteiger partial charge in [-0.1, -0.05) is 12.2 Å². The second kappa shape index (κ2) is 4.11. The second-order valence-electron chi connectivity index (χ2n) is 5.69. The van der Waals surface area contributed by atoms with Gasteiger partial charge in [-0.3, -0.25) is 9.59 Å². The third-order valence-corrected chi connectivity index (χ3v) is 4.64. The molecule has 1 N–H and O–H groups in total. The van der Waals surface area contributed by atoms with Crippen LogP contribution in [0.1, 0.15) is 26.2 Å². The number of nitrogens with zero attached hydrogens (tertiary/aromatic N) is 1. The number of amides is 1. The monoisotopic (exact) mass is 249 g/mol. The minimum absolute atomic E-state index is 0.0689. The molecule has 2 saturated carbocycles. The molecule has 4 heteroatoms. The SMILES string of the molecule is CCN(C(=O)[C@H]1C2C=CC(C2)[C@H]1C(=O)O)C1CC1. The number of rotatable bonds is 4. The van der Waals surface area contributed by atoms with Gasteiger partial charge in [0.15, 0.2) is 0 Å². The highest BCUT2D eigenvalue weighted by Crippen LogP contribution is 2.49. The highest BCUT2D eigenvalue weighted by atomic mass is 16.4. The van der Waals surface area contributed by atoms with Crippen molar-refractivity contribution in [2.45, 2.75) is 32.2 Å². The van der Waals surface area contributed by atoms with Gasteiger partial charge in [-0.25, -0.2) is 0 Å². The number of hydrogen-bond acceptors (Lipinski definition) is 2. The van der Waals surface area contributed by atoms with E-state index in [-0.39, 0.29) is 23.7 Å². The lowest BCUT2D eigenvalue weighted by Gasteiger charge is -2.30. The predicted molar refractivity (Wildman–Crippen MR) is 65.8 cm³/mol. The fourth-order valence-electron chi connectivity index (χ4n) is 3.67. The maximum absolute atomic E-state index is 12.6. The molecule has 3 aliphatic rings. The molecule has 3 aliphatic carbocycles. The Morgan fingerprint density at radius 2 is 1.83 bits per heavy atom. The Morgan fingerprint density at radius 1 is 1.22 bits per heavy atom. The molecule has 4 nitrogen and oxygen atoms in total. The van der Waals surface area contributed by atoms with E-state index in [1.54, 1.807) is 0 Å². The molecule has 2 bridgehead atoms. The molecule has 4 atom stereocenters. The summed E-state index contributed by atoms with van der Waals surface area (Å²) < 4.78 is 0. The average molecular weight is 249 g/mol. The van der Waals surface area contributed by atoms with Crippen molar-refractivity contribution in [2.75, 3.05) is 6.54 Å². The zero-order chi connectivity index (χ0) is 12.9. The number of carbonyl (C=O) groups excluding carboxylic acids is 1. The lowest BCUT2D eigenvalue weighted by Crippen LogP contribution is -2.43. The van der Waals surface area contributed by atoms with E-state index in [2.05, 4.69) is 0 Å². The normalized spacial score (nSPS) is 36.9. The van der Waals surface area contributed by atoms with Crippen LogP contribution in [-0.2, 0) is 9.59 Å². The summed E-state index contributed by atoms with van der Waals surface area (Å²) in [5, 5.41) is 9.36. The van der Waals surface area contributed by atoms with Gasteiger partial charge in [0.2, 0.25) is 5.91 Å². The highest BCUT2D eigenvalue weighted by Gasteiger charge is 2.53.